The molecule has 1 rings (SSSR count). The van der Waals surface area contributed by atoms with Gasteiger partial charge in [-0.05, 0) is 20.8 Å². The number of aromatic nitrogens is 2. The van der Waals surface area contributed by atoms with Crippen molar-refractivity contribution < 1.29 is 0 Å². The minimum atomic E-state index is 1.10. The summed E-state index contributed by atoms with van der Waals surface area (Å²) in [5, 5.41) is 4.29. The lowest BCUT2D eigenvalue weighted by atomic mass is 10.2. The Morgan fingerprint density at radius 2 is 2.00 bits per heavy atom. The summed E-state index contributed by atoms with van der Waals surface area (Å²) in [6.07, 6.45) is 4.13. The highest BCUT2D eigenvalue weighted by molar-refractivity contribution is 5.53. The predicted molar refractivity (Wildman–Crippen MR) is 47.4 cm³/mol. The molecule has 0 bridgehead atoms. The quantitative estimate of drug-likeness (QED) is 0.599. The molecule has 11 heavy (non-hydrogen) atoms. The largest absolute Gasteiger partial charge is 0.272 e. The molecule has 0 aliphatic heterocycles. The molecule has 60 valence electrons. The number of nitrogens with zero attached hydrogens (tertiary/aromatic N) is 2. The summed E-state index contributed by atoms with van der Waals surface area (Å²) < 4.78 is 1.91. The minimum absolute atomic E-state index is 1.10. The third-order valence-electron chi connectivity index (χ3n) is 1.90. The maximum Gasteiger partial charge on any atom is 0.0668 e. The van der Waals surface area contributed by atoms with Gasteiger partial charge in [-0.25, -0.2) is 0 Å². The smallest absolute Gasteiger partial charge is 0.0668 e. The molecule has 0 fully saturated rings. The molecular weight excluding hydrogens is 136 g/mol. The summed E-state index contributed by atoms with van der Waals surface area (Å²) >= 11 is 0. The van der Waals surface area contributed by atoms with Gasteiger partial charge in [0, 0.05) is 18.3 Å². The molecule has 0 aliphatic carbocycles. The molecule has 0 radical (unpaired) electrons. The second-order valence-corrected chi connectivity index (χ2v) is 2.71. The minimum Gasteiger partial charge on any atom is -0.272 e. The number of hydrogen-bond acceptors (Lipinski definition) is 1. The van der Waals surface area contributed by atoms with Gasteiger partial charge < -0.3 is 0 Å². The van der Waals surface area contributed by atoms with E-state index in [0.29, 0.717) is 0 Å². The molecule has 1 aromatic heterocycles. The van der Waals surface area contributed by atoms with Crippen molar-refractivity contribution in [1.29, 1.82) is 0 Å². The van der Waals surface area contributed by atoms with Crippen LogP contribution in [0.25, 0.3) is 6.08 Å². The molecule has 0 saturated carbocycles. The van der Waals surface area contributed by atoms with Gasteiger partial charge in [0.15, 0.2) is 0 Å². The van der Waals surface area contributed by atoms with Crippen LogP contribution in [0.3, 0.4) is 0 Å². The van der Waals surface area contributed by atoms with Crippen molar-refractivity contribution in [3.05, 3.63) is 23.0 Å². The molecule has 1 heterocycles. The van der Waals surface area contributed by atoms with E-state index in [-0.39, 0.29) is 0 Å². The van der Waals surface area contributed by atoms with E-state index in [1.54, 1.807) is 0 Å². The molecule has 2 nitrogen and oxygen atoms in total. The average molecular weight is 150 g/mol. The summed E-state index contributed by atoms with van der Waals surface area (Å²) in [7, 11) is 1.97. The van der Waals surface area contributed by atoms with E-state index < -0.39 is 0 Å². The second-order valence-electron chi connectivity index (χ2n) is 2.71. The lowest BCUT2D eigenvalue weighted by molar-refractivity contribution is 0.731. The van der Waals surface area contributed by atoms with Crippen LogP contribution < -0.4 is 0 Å². The average Bonchev–Trinajstić information content (AvgIpc) is 2.17. The van der Waals surface area contributed by atoms with Gasteiger partial charge in [-0.2, -0.15) is 5.10 Å². The van der Waals surface area contributed by atoms with Crippen LogP contribution in [-0.2, 0) is 7.05 Å². The van der Waals surface area contributed by atoms with E-state index in [0.717, 1.165) is 5.69 Å². The molecule has 0 saturated heterocycles. The summed E-state index contributed by atoms with van der Waals surface area (Å²) in [6.45, 7) is 6.13. The molecule has 0 spiro atoms. The predicted octanol–water partition coefficient (Wildman–Crippen LogP) is 2.07. The van der Waals surface area contributed by atoms with Gasteiger partial charge in [0.25, 0.3) is 0 Å². The lowest BCUT2D eigenvalue weighted by Crippen LogP contribution is -1.92. The summed E-state index contributed by atoms with van der Waals surface area (Å²) in [5.74, 6) is 0. The third-order valence-corrected chi connectivity index (χ3v) is 1.90. The zero-order valence-corrected chi connectivity index (χ0v) is 7.55. The lowest BCUT2D eigenvalue weighted by Gasteiger charge is -1.92. The van der Waals surface area contributed by atoms with Crippen molar-refractivity contribution >= 4 is 6.08 Å². The third kappa shape index (κ3) is 1.34. The fourth-order valence-corrected chi connectivity index (χ4v) is 1.20. The Labute approximate surface area is 67.5 Å². The van der Waals surface area contributed by atoms with Crippen molar-refractivity contribution in [2.75, 3.05) is 0 Å². The van der Waals surface area contributed by atoms with Gasteiger partial charge in [0.05, 0.1) is 5.69 Å². The normalized spacial score (nSPS) is 11.3. The number of hydrogen-bond donors (Lipinski definition) is 0. The van der Waals surface area contributed by atoms with Crippen LogP contribution in [0.2, 0.25) is 0 Å². The van der Waals surface area contributed by atoms with Gasteiger partial charge in [-0.1, -0.05) is 12.2 Å². The monoisotopic (exact) mass is 150 g/mol. The summed E-state index contributed by atoms with van der Waals surface area (Å²) in [4.78, 5) is 0. The first kappa shape index (κ1) is 8.05. The van der Waals surface area contributed by atoms with Crippen molar-refractivity contribution in [2.45, 2.75) is 20.8 Å². The van der Waals surface area contributed by atoms with Crippen LogP contribution in [0.15, 0.2) is 6.08 Å². The van der Waals surface area contributed by atoms with Crippen molar-refractivity contribution in [3.63, 3.8) is 0 Å². The zero-order valence-electron chi connectivity index (χ0n) is 7.55. The molecule has 0 aromatic carbocycles. The molecule has 0 aliphatic rings. The summed E-state index contributed by atoms with van der Waals surface area (Å²) in [5.41, 5.74) is 3.57. The van der Waals surface area contributed by atoms with Crippen LogP contribution in [0.1, 0.15) is 23.9 Å². The van der Waals surface area contributed by atoms with Gasteiger partial charge in [-0.15, -0.1) is 0 Å². The molecular formula is C9H14N2. The Bertz CT molecular complexity index is 282. The number of aryl methyl sites for hydroxylation is 2. The Morgan fingerprint density at radius 1 is 1.36 bits per heavy atom. The van der Waals surface area contributed by atoms with E-state index in [2.05, 4.69) is 18.1 Å². The number of rotatable bonds is 1. The van der Waals surface area contributed by atoms with E-state index in [1.165, 1.54) is 11.3 Å². The topological polar surface area (TPSA) is 17.8 Å². The maximum absolute atomic E-state index is 4.29. The molecule has 0 amide bonds. The molecule has 0 N–H and O–H groups in total. The van der Waals surface area contributed by atoms with E-state index in [1.807, 2.05) is 31.7 Å². The Kier molecular flexibility index (Phi) is 2.13. The molecule has 2 heteroatoms. The molecule has 0 atom stereocenters. The second kappa shape index (κ2) is 2.91. The zero-order chi connectivity index (χ0) is 8.43. The highest BCUT2D eigenvalue weighted by Crippen LogP contribution is 2.12. The first-order valence-corrected chi connectivity index (χ1v) is 3.79. The summed E-state index contributed by atoms with van der Waals surface area (Å²) in [6, 6.07) is 0. The standard InChI is InChI=1S/C9H14N2/c1-5-6-9-7(2)10-11(4)8(9)3/h5-6H,1-4H3/b6-5+. The Morgan fingerprint density at radius 3 is 2.36 bits per heavy atom. The Balaban J connectivity index is 3.22. The van der Waals surface area contributed by atoms with Crippen molar-refractivity contribution in [1.82, 2.24) is 9.78 Å². The highest BCUT2D eigenvalue weighted by Gasteiger charge is 2.04. The highest BCUT2D eigenvalue weighted by atomic mass is 15.3. The Hall–Kier alpha value is -1.05. The van der Waals surface area contributed by atoms with Crippen LogP contribution >= 0.6 is 0 Å². The van der Waals surface area contributed by atoms with Gasteiger partial charge in [-0.3, -0.25) is 4.68 Å². The van der Waals surface area contributed by atoms with E-state index in [9.17, 15) is 0 Å². The first-order chi connectivity index (χ1) is 5.16. The van der Waals surface area contributed by atoms with E-state index >= 15 is 0 Å². The fraction of sp³-hybridized carbons (Fsp3) is 0.444. The molecule has 1 aromatic rings. The molecule has 0 unspecified atom stereocenters. The fourth-order valence-electron chi connectivity index (χ4n) is 1.20. The van der Waals surface area contributed by atoms with Gasteiger partial charge in [0.1, 0.15) is 0 Å². The SMILES string of the molecule is C/C=C/c1c(C)nn(C)c1C. The van der Waals surface area contributed by atoms with Crippen molar-refractivity contribution in [2.24, 2.45) is 7.05 Å². The van der Waals surface area contributed by atoms with Gasteiger partial charge in [0.2, 0.25) is 0 Å². The van der Waals surface area contributed by atoms with Crippen LogP contribution in [0.4, 0.5) is 0 Å². The first-order valence-electron chi connectivity index (χ1n) is 3.79. The van der Waals surface area contributed by atoms with Gasteiger partial charge >= 0.3 is 0 Å². The maximum atomic E-state index is 4.29. The van der Waals surface area contributed by atoms with Crippen LogP contribution in [0.5, 0.6) is 0 Å². The van der Waals surface area contributed by atoms with Crippen LogP contribution in [-0.4, -0.2) is 9.78 Å². The van der Waals surface area contributed by atoms with E-state index in [4.69, 9.17) is 0 Å². The van der Waals surface area contributed by atoms with Crippen molar-refractivity contribution in [3.8, 4) is 0 Å². The van der Waals surface area contributed by atoms with Crippen LogP contribution in [0, 0.1) is 13.8 Å². The number of allylic oxidation sites excluding steroid dienone is 1.